The maximum atomic E-state index is 5.58. The van der Waals surface area contributed by atoms with Crippen LogP contribution in [0, 0.1) is 0 Å². The zero-order chi connectivity index (χ0) is 12.5. The average Bonchev–Trinajstić information content (AvgIpc) is 2.95. The van der Waals surface area contributed by atoms with Crippen molar-refractivity contribution in [1.29, 1.82) is 0 Å². The fourth-order valence-electron chi connectivity index (χ4n) is 2.22. The molecule has 0 fully saturated rings. The Morgan fingerprint density at radius 3 is 3.00 bits per heavy atom. The maximum Gasteiger partial charge on any atom is 0.134 e. The van der Waals surface area contributed by atoms with Crippen LogP contribution in [0.15, 0.2) is 41.3 Å². The molecule has 0 aliphatic carbocycles. The lowest BCUT2D eigenvalue weighted by Crippen LogP contribution is -2.09. The number of aryl methyl sites for hydroxylation is 1. The molecular weight excluding hydrogens is 226 g/mol. The second-order valence-electron chi connectivity index (χ2n) is 4.33. The molecule has 18 heavy (non-hydrogen) atoms. The highest BCUT2D eigenvalue weighted by atomic mass is 16.3. The van der Waals surface area contributed by atoms with E-state index in [9.17, 15) is 0 Å². The molecule has 1 aromatic carbocycles. The lowest BCUT2D eigenvalue weighted by molar-refractivity contribution is 0.616. The van der Waals surface area contributed by atoms with E-state index >= 15 is 0 Å². The fraction of sp³-hybridized carbons (Fsp3) is 0.214. The van der Waals surface area contributed by atoms with Crippen LogP contribution in [0.2, 0.25) is 0 Å². The van der Waals surface area contributed by atoms with Crippen LogP contribution in [0.5, 0.6) is 0 Å². The molecule has 4 heteroatoms. The molecule has 92 valence electrons. The van der Waals surface area contributed by atoms with Crippen molar-refractivity contribution in [2.45, 2.75) is 6.54 Å². The van der Waals surface area contributed by atoms with Gasteiger partial charge in [0.05, 0.1) is 17.7 Å². The van der Waals surface area contributed by atoms with Crippen LogP contribution in [0.1, 0.15) is 5.69 Å². The molecule has 0 atom stereocenters. The highest BCUT2D eigenvalue weighted by molar-refractivity contribution is 5.93. The van der Waals surface area contributed by atoms with Crippen molar-refractivity contribution in [2.75, 3.05) is 7.05 Å². The third-order valence-corrected chi connectivity index (χ3v) is 3.14. The van der Waals surface area contributed by atoms with E-state index in [-0.39, 0.29) is 0 Å². The maximum absolute atomic E-state index is 5.58. The summed E-state index contributed by atoms with van der Waals surface area (Å²) in [7, 11) is 3.94. The number of fused-ring (bicyclic) bond motifs is 1. The molecular formula is C14H15N3O. The summed E-state index contributed by atoms with van der Waals surface area (Å²) in [5.74, 6) is 0. The number of aromatic nitrogens is 2. The van der Waals surface area contributed by atoms with Gasteiger partial charge in [-0.25, -0.2) is 4.98 Å². The minimum absolute atomic E-state index is 0.783. The summed E-state index contributed by atoms with van der Waals surface area (Å²) in [4.78, 5) is 4.49. The number of furan rings is 1. The minimum atomic E-state index is 0.783. The first-order chi connectivity index (χ1) is 8.81. The zero-order valence-electron chi connectivity index (χ0n) is 10.5. The van der Waals surface area contributed by atoms with Gasteiger partial charge in [-0.05, 0) is 13.1 Å². The van der Waals surface area contributed by atoms with Gasteiger partial charge in [0.2, 0.25) is 0 Å². The smallest absolute Gasteiger partial charge is 0.134 e. The number of nitrogens with one attached hydrogen (secondary N) is 1. The molecule has 3 aromatic rings. The predicted octanol–water partition coefficient (Wildman–Crippen LogP) is 2.55. The van der Waals surface area contributed by atoms with Gasteiger partial charge in [-0.2, -0.15) is 0 Å². The van der Waals surface area contributed by atoms with Gasteiger partial charge in [0, 0.05) is 24.5 Å². The van der Waals surface area contributed by atoms with Crippen molar-refractivity contribution in [3.63, 3.8) is 0 Å². The van der Waals surface area contributed by atoms with Gasteiger partial charge in [0.1, 0.15) is 11.8 Å². The van der Waals surface area contributed by atoms with Gasteiger partial charge in [-0.3, -0.25) is 0 Å². The van der Waals surface area contributed by atoms with Crippen molar-refractivity contribution >= 4 is 11.0 Å². The topological polar surface area (TPSA) is 43.0 Å². The van der Waals surface area contributed by atoms with Gasteiger partial charge < -0.3 is 14.3 Å². The van der Waals surface area contributed by atoms with Gasteiger partial charge in [-0.15, -0.1) is 0 Å². The number of para-hydroxylation sites is 1. The van der Waals surface area contributed by atoms with E-state index in [1.54, 1.807) is 6.26 Å². The Morgan fingerprint density at radius 1 is 1.33 bits per heavy atom. The van der Waals surface area contributed by atoms with Crippen molar-refractivity contribution in [2.24, 2.45) is 7.05 Å². The standard InChI is InChI=1S/C14H15N3O/c1-15-7-12-14(16-9-17(12)2)11-8-18-13-6-4-3-5-10(11)13/h3-6,8-9,15H,7H2,1-2H3. The quantitative estimate of drug-likeness (QED) is 0.766. The van der Waals surface area contributed by atoms with E-state index in [0.29, 0.717) is 0 Å². The molecule has 1 N–H and O–H groups in total. The van der Waals surface area contributed by atoms with Crippen molar-refractivity contribution in [3.05, 3.63) is 42.5 Å². The number of benzene rings is 1. The first-order valence-electron chi connectivity index (χ1n) is 5.92. The van der Waals surface area contributed by atoms with E-state index in [2.05, 4.69) is 16.4 Å². The first kappa shape index (κ1) is 11.0. The van der Waals surface area contributed by atoms with E-state index in [1.807, 2.05) is 43.2 Å². The first-order valence-corrected chi connectivity index (χ1v) is 5.92. The molecule has 0 radical (unpaired) electrons. The van der Waals surface area contributed by atoms with Crippen LogP contribution in [0.4, 0.5) is 0 Å². The van der Waals surface area contributed by atoms with Gasteiger partial charge in [-0.1, -0.05) is 18.2 Å². The second-order valence-corrected chi connectivity index (χ2v) is 4.33. The SMILES string of the molecule is CNCc1c(-c2coc3ccccc23)ncn1C. The summed E-state index contributed by atoms with van der Waals surface area (Å²) < 4.78 is 7.61. The van der Waals surface area contributed by atoms with Gasteiger partial charge in [0.15, 0.2) is 0 Å². The highest BCUT2D eigenvalue weighted by Gasteiger charge is 2.15. The summed E-state index contributed by atoms with van der Waals surface area (Å²) in [5, 5.41) is 4.28. The fourth-order valence-corrected chi connectivity index (χ4v) is 2.22. The Bertz CT molecular complexity index is 681. The normalized spacial score (nSPS) is 11.2. The highest BCUT2D eigenvalue weighted by Crippen LogP contribution is 2.31. The van der Waals surface area contributed by atoms with Crippen LogP contribution in [0.25, 0.3) is 22.2 Å². The summed E-state index contributed by atoms with van der Waals surface area (Å²) >= 11 is 0. The number of hydrogen-bond donors (Lipinski definition) is 1. The zero-order valence-corrected chi connectivity index (χ0v) is 10.5. The summed E-state index contributed by atoms with van der Waals surface area (Å²) in [6.07, 6.45) is 3.62. The van der Waals surface area contributed by atoms with E-state index in [4.69, 9.17) is 4.42 Å². The molecule has 0 spiro atoms. The van der Waals surface area contributed by atoms with Gasteiger partial charge in [0.25, 0.3) is 0 Å². The van der Waals surface area contributed by atoms with Gasteiger partial charge >= 0.3 is 0 Å². The number of hydrogen-bond acceptors (Lipinski definition) is 3. The third-order valence-electron chi connectivity index (χ3n) is 3.14. The Balaban J connectivity index is 2.20. The van der Waals surface area contributed by atoms with Crippen LogP contribution in [0.3, 0.4) is 0 Å². The molecule has 0 bridgehead atoms. The molecule has 0 amide bonds. The predicted molar refractivity (Wildman–Crippen MR) is 71.2 cm³/mol. The number of rotatable bonds is 3. The second kappa shape index (κ2) is 4.31. The monoisotopic (exact) mass is 241 g/mol. The van der Waals surface area contributed by atoms with E-state index in [1.165, 1.54) is 0 Å². The van der Waals surface area contributed by atoms with E-state index < -0.39 is 0 Å². The lowest BCUT2D eigenvalue weighted by atomic mass is 10.1. The van der Waals surface area contributed by atoms with Crippen molar-refractivity contribution in [1.82, 2.24) is 14.9 Å². The van der Waals surface area contributed by atoms with Crippen LogP contribution < -0.4 is 5.32 Å². The van der Waals surface area contributed by atoms with Crippen LogP contribution in [-0.4, -0.2) is 16.6 Å². The van der Waals surface area contributed by atoms with Crippen LogP contribution in [-0.2, 0) is 13.6 Å². The Morgan fingerprint density at radius 2 is 2.17 bits per heavy atom. The molecule has 0 aliphatic heterocycles. The van der Waals surface area contributed by atoms with Crippen molar-refractivity contribution < 1.29 is 4.42 Å². The van der Waals surface area contributed by atoms with E-state index in [0.717, 1.165) is 34.5 Å². The molecule has 0 aliphatic rings. The molecule has 4 nitrogen and oxygen atoms in total. The molecule has 2 heterocycles. The molecule has 0 saturated heterocycles. The largest absolute Gasteiger partial charge is 0.464 e. The molecule has 0 unspecified atom stereocenters. The molecule has 0 saturated carbocycles. The summed E-state index contributed by atoms with van der Waals surface area (Å²) in [6, 6.07) is 8.02. The molecule has 2 aromatic heterocycles. The lowest BCUT2D eigenvalue weighted by Gasteiger charge is -2.04. The summed E-state index contributed by atoms with van der Waals surface area (Å²) in [6.45, 7) is 0.783. The Labute approximate surface area is 105 Å². The Hall–Kier alpha value is -2.07. The molecule has 3 rings (SSSR count). The number of imidazole rings is 1. The van der Waals surface area contributed by atoms with Crippen LogP contribution >= 0.6 is 0 Å². The number of nitrogens with zero attached hydrogens (tertiary/aromatic N) is 2. The Kier molecular flexibility index (Phi) is 2.64. The average molecular weight is 241 g/mol. The summed E-state index contributed by atoms with van der Waals surface area (Å²) in [5.41, 5.74) is 4.09. The van der Waals surface area contributed by atoms with Crippen molar-refractivity contribution in [3.8, 4) is 11.3 Å². The minimum Gasteiger partial charge on any atom is -0.464 e. The third kappa shape index (κ3) is 1.62.